The molecule has 2 aromatic carbocycles. The predicted octanol–water partition coefficient (Wildman–Crippen LogP) is 3.80. The zero-order valence-corrected chi connectivity index (χ0v) is 14.4. The van der Waals surface area contributed by atoms with Gasteiger partial charge < -0.3 is 9.84 Å². The maximum absolute atomic E-state index is 12.3. The van der Waals surface area contributed by atoms with Gasteiger partial charge in [0.25, 0.3) is 11.6 Å². The monoisotopic (exact) mass is 351 g/mol. The number of aryl methyl sites for hydroxylation is 1. The van der Waals surface area contributed by atoms with E-state index in [1.807, 2.05) is 31.2 Å². The minimum Gasteiger partial charge on any atom is -0.356 e. The van der Waals surface area contributed by atoms with Gasteiger partial charge in [0.2, 0.25) is 0 Å². The van der Waals surface area contributed by atoms with E-state index in [2.05, 4.69) is 10.5 Å². The molecule has 1 N–H and O–H groups in total. The number of nitro groups is 1. The number of nitrogens with one attached hydrogen (secondary N) is 1. The van der Waals surface area contributed by atoms with Crippen LogP contribution in [0.15, 0.2) is 53.1 Å². The lowest BCUT2D eigenvalue weighted by molar-refractivity contribution is -0.385. The van der Waals surface area contributed by atoms with Crippen LogP contribution in [0.3, 0.4) is 0 Å². The van der Waals surface area contributed by atoms with Gasteiger partial charge in [-0.1, -0.05) is 41.1 Å². The van der Waals surface area contributed by atoms with Crippen molar-refractivity contribution in [3.8, 4) is 11.3 Å². The smallest absolute Gasteiger partial charge is 0.273 e. The molecule has 1 amide bonds. The molecule has 0 saturated heterocycles. The summed E-state index contributed by atoms with van der Waals surface area (Å²) in [7, 11) is 0. The molecular weight excluding hydrogens is 334 g/mol. The number of nitro benzene ring substituents is 1. The van der Waals surface area contributed by atoms with E-state index in [4.69, 9.17) is 4.52 Å². The topological polar surface area (TPSA) is 98.3 Å². The predicted molar refractivity (Wildman–Crippen MR) is 95.7 cm³/mol. The van der Waals surface area contributed by atoms with Gasteiger partial charge in [0.1, 0.15) is 5.69 Å². The molecule has 0 bridgehead atoms. The van der Waals surface area contributed by atoms with E-state index in [9.17, 15) is 14.9 Å². The molecule has 0 aliphatic carbocycles. The van der Waals surface area contributed by atoms with Crippen molar-refractivity contribution in [2.75, 3.05) is 0 Å². The highest BCUT2D eigenvalue weighted by Gasteiger charge is 2.18. The molecule has 1 heterocycles. The summed E-state index contributed by atoms with van der Waals surface area (Å²) in [6.45, 7) is 3.72. The largest absolute Gasteiger partial charge is 0.356 e. The Bertz CT molecular complexity index is 961. The standard InChI is InChI=1S/C19H17N3O4/c1-12-6-8-14(9-7-12)18-10-15(21-26-18)11-20-19(23)16-4-3-5-17(13(16)2)22(24)25/h3-10H,11H2,1-2H3,(H,20,23). The van der Waals surface area contributed by atoms with Gasteiger partial charge in [-0.3, -0.25) is 14.9 Å². The number of amides is 1. The van der Waals surface area contributed by atoms with E-state index < -0.39 is 10.8 Å². The molecule has 1 aromatic heterocycles. The fourth-order valence-electron chi connectivity index (χ4n) is 2.58. The Balaban J connectivity index is 1.70. The summed E-state index contributed by atoms with van der Waals surface area (Å²) in [6, 6.07) is 14.0. The minimum atomic E-state index is -0.502. The van der Waals surface area contributed by atoms with Crippen LogP contribution in [0.4, 0.5) is 5.69 Å². The normalized spacial score (nSPS) is 10.5. The molecule has 0 unspecified atom stereocenters. The minimum absolute atomic E-state index is 0.0826. The third-order valence-electron chi connectivity index (χ3n) is 4.07. The number of hydrogen-bond donors (Lipinski definition) is 1. The van der Waals surface area contributed by atoms with Crippen LogP contribution in [0.1, 0.15) is 27.2 Å². The van der Waals surface area contributed by atoms with E-state index in [1.165, 1.54) is 12.1 Å². The Labute approximate surface area is 149 Å². The van der Waals surface area contributed by atoms with Crippen molar-refractivity contribution in [2.24, 2.45) is 0 Å². The van der Waals surface area contributed by atoms with Crippen LogP contribution < -0.4 is 5.32 Å². The third-order valence-corrected chi connectivity index (χ3v) is 4.07. The van der Waals surface area contributed by atoms with Crippen LogP contribution in [-0.4, -0.2) is 16.0 Å². The SMILES string of the molecule is Cc1ccc(-c2cc(CNC(=O)c3cccc([N+](=O)[O-])c3C)no2)cc1. The van der Waals surface area contributed by atoms with Crippen molar-refractivity contribution < 1.29 is 14.2 Å². The third kappa shape index (κ3) is 3.61. The van der Waals surface area contributed by atoms with Gasteiger partial charge in [-0.15, -0.1) is 0 Å². The van der Waals surface area contributed by atoms with Gasteiger partial charge in [-0.05, 0) is 19.9 Å². The summed E-state index contributed by atoms with van der Waals surface area (Å²) in [5.74, 6) is 0.215. The fraction of sp³-hybridized carbons (Fsp3) is 0.158. The maximum Gasteiger partial charge on any atom is 0.273 e. The highest BCUT2D eigenvalue weighted by molar-refractivity contribution is 5.96. The number of carbonyl (C=O) groups excluding carboxylic acids is 1. The van der Waals surface area contributed by atoms with Crippen molar-refractivity contribution >= 4 is 11.6 Å². The molecule has 3 rings (SSSR count). The van der Waals surface area contributed by atoms with Gasteiger partial charge in [0.05, 0.1) is 11.5 Å². The van der Waals surface area contributed by atoms with Crippen molar-refractivity contribution in [3.05, 3.63) is 81.0 Å². The molecule has 0 radical (unpaired) electrons. The summed E-state index contributed by atoms with van der Waals surface area (Å²) < 4.78 is 5.31. The summed E-state index contributed by atoms with van der Waals surface area (Å²) in [6.07, 6.45) is 0. The molecule has 0 aliphatic heterocycles. The van der Waals surface area contributed by atoms with Gasteiger partial charge >= 0.3 is 0 Å². The molecule has 7 nitrogen and oxygen atoms in total. The number of rotatable bonds is 5. The Hall–Kier alpha value is -3.48. The number of aromatic nitrogens is 1. The highest BCUT2D eigenvalue weighted by atomic mass is 16.6. The van der Waals surface area contributed by atoms with Crippen molar-refractivity contribution in [1.82, 2.24) is 10.5 Å². The van der Waals surface area contributed by atoms with Crippen molar-refractivity contribution in [2.45, 2.75) is 20.4 Å². The van der Waals surface area contributed by atoms with Gasteiger partial charge in [0.15, 0.2) is 5.76 Å². The fourth-order valence-corrected chi connectivity index (χ4v) is 2.58. The lowest BCUT2D eigenvalue weighted by Gasteiger charge is -2.06. The molecule has 132 valence electrons. The molecular formula is C19H17N3O4. The number of nitrogens with zero attached hydrogens (tertiary/aromatic N) is 2. The van der Waals surface area contributed by atoms with E-state index in [0.717, 1.165) is 11.1 Å². The highest BCUT2D eigenvalue weighted by Crippen LogP contribution is 2.22. The molecule has 7 heteroatoms. The van der Waals surface area contributed by atoms with Gasteiger partial charge in [0, 0.05) is 28.8 Å². The van der Waals surface area contributed by atoms with Crippen LogP contribution in [0.25, 0.3) is 11.3 Å². The van der Waals surface area contributed by atoms with Gasteiger partial charge in [-0.25, -0.2) is 0 Å². The van der Waals surface area contributed by atoms with Crippen LogP contribution in [0, 0.1) is 24.0 Å². The summed E-state index contributed by atoms with van der Waals surface area (Å²) in [5.41, 5.74) is 3.12. The number of carbonyl (C=O) groups is 1. The van der Waals surface area contributed by atoms with Crippen LogP contribution in [0.5, 0.6) is 0 Å². The zero-order valence-electron chi connectivity index (χ0n) is 14.4. The van der Waals surface area contributed by atoms with E-state index in [1.54, 1.807) is 19.1 Å². The molecule has 0 atom stereocenters. The Morgan fingerprint density at radius 1 is 1.19 bits per heavy atom. The molecule has 0 fully saturated rings. The second-order valence-corrected chi connectivity index (χ2v) is 5.94. The molecule has 0 aliphatic rings. The number of hydrogen-bond acceptors (Lipinski definition) is 5. The molecule has 26 heavy (non-hydrogen) atoms. The Kier molecular flexibility index (Phi) is 4.79. The quantitative estimate of drug-likeness (QED) is 0.557. The average molecular weight is 351 g/mol. The first-order chi connectivity index (χ1) is 12.5. The van der Waals surface area contributed by atoms with Crippen LogP contribution in [-0.2, 0) is 6.54 Å². The second-order valence-electron chi connectivity index (χ2n) is 5.94. The summed E-state index contributed by atoms with van der Waals surface area (Å²) in [4.78, 5) is 22.8. The first-order valence-electron chi connectivity index (χ1n) is 8.00. The Morgan fingerprint density at radius 2 is 1.92 bits per heavy atom. The average Bonchev–Trinajstić information content (AvgIpc) is 3.09. The molecule has 3 aromatic rings. The van der Waals surface area contributed by atoms with E-state index in [-0.39, 0.29) is 17.8 Å². The zero-order chi connectivity index (χ0) is 18.7. The molecule has 0 spiro atoms. The van der Waals surface area contributed by atoms with E-state index >= 15 is 0 Å². The molecule has 0 saturated carbocycles. The second kappa shape index (κ2) is 7.18. The maximum atomic E-state index is 12.3. The first-order valence-corrected chi connectivity index (χ1v) is 8.00. The summed E-state index contributed by atoms with van der Waals surface area (Å²) >= 11 is 0. The lowest BCUT2D eigenvalue weighted by Crippen LogP contribution is -2.24. The van der Waals surface area contributed by atoms with Crippen molar-refractivity contribution in [3.63, 3.8) is 0 Å². The van der Waals surface area contributed by atoms with Crippen LogP contribution in [0.2, 0.25) is 0 Å². The van der Waals surface area contributed by atoms with E-state index in [0.29, 0.717) is 17.0 Å². The number of benzene rings is 2. The Morgan fingerprint density at radius 3 is 2.62 bits per heavy atom. The summed E-state index contributed by atoms with van der Waals surface area (Å²) in [5, 5.41) is 17.6. The lowest BCUT2D eigenvalue weighted by atomic mass is 10.1. The van der Waals surface area contributed by atoms with Crippen molar-refractivity contribution in [1.29, 1.82) is 0 Å². The van der Waals surface area contributed by atoms with Gasteiger partial charge in [-0.2, -0.15) is 0 Å². The van der Waals surface area contributed by atoms with Crippen LogP contribution >= 0.6 is 0 Å². The first kappa shape index (κ1) is 17.3.